The molecule has 1 amide bonds. The van der Waals surface area contributed by atoms with Crippen molar-refractivity contribution < 1.29 is 4.79 Å². The fourth-order valence-electron chi connectivity index (χ4n) is 2.38. The Morgan fingerprint density at radius 1 is 1.47 bits per heavy atom. The molecule has 0 aromatic carbocycles. The second-order valence-electron chi connectivity index (χ2n) is 5.07. The van der Waals surface area contributed by atoms with Crippen molar-refractivity contribution >= 4 is 5.91 Å². The van der Waals surface area contributed by atoms with E-state index in [4.69, 9.17) is 5.73 Å². The molecule has 0 bridgehead atoms. The van der Waals surface area contributed by atoms with Crippen LogP contribution >= 0.6 is 0 Å². The Morgan fingerprint density at radius 2 is 2.07 bits per heavy atom. The van der Waals surface area contributed by atoms with Crippen LogP contribution in [0.5, 0.6) is 0 Å². The molecule has 0 aromatic heterocycles. The molecule has 88 valence electrons. The number of hydrogen-bond acceptors (Lipinski definition) is 2. The zero-order chi connectivity index (χ0) is 11.3. The quantitative estimate of drug-likeness (QED) is 0.732. The lowest BCUT2D eigenvalue weighted by Gasteiger charge is -2.26. The van der Waals surface area contributed by atoms with Gasteiger partial charge in [0.25, 0.3) is 0 Å². The summed E-state index contributed by atoms with van der Waals surface area (Å²) in [6.45, 7) is 4.24. The summed E-state index contributed by atoms with van der Waals surface area (Å²) in [6, 6.07) is 0.0278. The van der Waals surface area contributed by atoms with Crippen molar-refractivity contribution in [2.75, 3.05) is 0 Å². The van der Waals surface area contributed by atoms with Crippen molar-refractivity contribution in [1.29, 1.82) is 0 Å². The van der Waals surface area contributed by atoms with Gasteiger partial charge < -0.3 is 11.1 Å². The molecule has 1 aliphatic carbocycles. The van der Waals surface area contributed by atoms with Gasteiger partial charge in [0.05, 0.1) is 0 Å². The normalized spacial score (nSPS) is 21.3. The third-order valence-electron chi connectivity index (χ3n) is 3.26. The van der Waals surface area contributed by atoms with Gasteiger partial charge in [0.1, 0.15) is 0 Å². The lowest BCUT2D eigenvalue weighted by atomic mass is 10.00. The highest BCUT2D eigenvalue weighted by atomic mass is 16.1. The van der Waals surface area contributed by atoms with Crippen LogP contribution in [0.25, 0.3) is 0 Å². The standard InChI is InChI=1S/C12H24N2O/c1-3-6-10(13)9-11(15)14-12(2)7-4-5-8-12/h10H,3-9,13H2,1-2H3,(H,14,15). The third-order valence-corrected chi connectivity index (χ3v) is 3.26. The largest absolute Gasteiger partial charge is 0.351 e. The molecule has 1 aliphatic rings. The molecule has 1 saturated carbocycles. The SMILES string of the molecule is CCCC(N)CC(=O)NC1(C)CCCC1. The van der Waals surface area contributed by atoms with Gasteiger partial charge in [-0.2, -0.15) is 0 Å². The molecule has 0 radical (unpaired) electrons. The molecule has 1 unspecified atom stereocenters. The zero-order valence-corrected chi connectivity index (χ0v) is 10.0. The number of carbonyl (C=O) groups is 1. The van der Waals surface area contributed by atoms with Gasteiger partial charge in [-0.25, -0.2) is 0 Å². The molecule has 1 rings (SSSR count). The Bertz CT molecular complexity index is 210. The van der Waals surface area contributed by atoms with Crippen LogP contribution in [0.2, 0.25) is 0 Å². The van der Waals surface area contributed by atoms with Crippen molar-refractivity contribution in [3.8, 4) is 0 Å². The summed E-state index contributed by atoms with van der Waals surface area (Å²) in [4.78, 5) is 11.7. The lowest BCUT2D eigenvalue weighted by Crippen LogP contribution is -2.45. The van der Waals surface area contributed by atoms with Gasteiger partial charge >= 0.3 is 0 Å². The number of hydrogen-bond donors (Lipinski definition) is 2. The third kappa shape index (κ3) is 4.20. The van der Waals surface area contributed by atoms with E-state index in [1.807, 2.05) is 0 Å². The monoisotopic (exact) mass is 212 g/mol. The molecule has 0 heterocycles. The van der Waals surface area contributed by atoms with Gasteiger partial charge in [0.2, 0.25) is 5.91 Å². The maximum Gasteiger partial charge on any atom is 0.221 e. The predicted molar refractivity (Wildman–Crippen MR) is 62.5 cm³/mol. The highest BCUT2D eigenvalue weighted by molar-refractivity contribution is 5.77. The molecule has 0 saturated heterocycles. The van der Waals surface area contributed by atoms with Crippen molar-refractivity contribution in [3.63, 3.8) is 0 Å². The fourth-order valence-corrected chi connectivity index (χ4v) is 2.38. The van der Waals surface area contributed by atoms with E-state index < -0.39 is 0 Å². The minimum absolute atomic E-state index is 0.0278. The van der Waals surface area contributed by atoms with Crippen LogP contribution < -0.4 is 11.1 Å². The van der Waals surface area contributed by atoms with Crippen molar-refractivity contribution in [3.05, 3.63) is 0 Å². The maximum absolute atomic E-state index is 11.7. The van der Waals surface area contributed by atoms with Gasteiger partial charge in [-0.05, 0) is 26.2 Å². The van der Waals surface area contributed by atoms with E-state index in [9.17, 15) is 4.79 Å². The Morgan fingerprint density at radius 3 is 2.60 bits per heavy atom. The van der Waals surface area contributed by atoms with Crippen LogP contribution in [0.15, 0.2) is 0 Å². The molecule has 1 atom stereocenters. The van der Waals surface area contributed by atoms with Crippen molar-refractivity contribution in [1.82, 2.24) is 5.32 Å². The van der Waals surface area contributed by atoms with Gasteiger partial charge in [0, 0.05) is 18.0 Å². The average Bonchev–Trinajstić information content (AvgIpc) is 2.51. The molecular formula is C12H24N2O. The molecule has 1 fully saturated rings. The second-order valence-corrected chi connectivity index (χ2v) is 5.07. The Balaban J connectivity index is 2.28. The summed E-state index contributed by atoms with van der Waals surface area (Å²) in [5.74, 6) is 0.125. The summed E-state index contributed by atoms with van der Waals surface area (Å²) in [7, 11) is 0. The molecule has 0 aromatic rings. The van der Waals surface area contributed by atoms with Crippen LogP contribution in [0.1, 0.15) is 58.8 Å². The minimum atomic E-state index is 0.0278. The Labute approximate surface area is 92.8 Å². The summed E-state index contributed by atoms with van der Waals surface area (Å²) in [5.41, 5.74) is 5.89. The number of nitrogens with one attached hydrogen (secondary N) is 1. The highest BCUT2D eigenvalue weighted by Gasteiger charge is 2.30. The van der Waals surface area contributed by atoms with E-state index in [0.717, 1.165) is 25.7 Å². The van der Waals surface area contributed by atoms with Crippen molar-refractivity contribution in [2.45, 2.75) is 70.4 Å². The van der Waals surface area contributed by atoms with Crippen LogP contribution in [0.4, 0.5) is 0 Å². The minimum Gasteiger partial charge on any atom is -0.351 e. The summed E-state index contributed by atoms with van der Waals surface area (Å²) < 4.78 is 0. The number of carbonyl (C=O) groups excluding carboxylic acids is 1. The molecule has 3 N–H and O–H groups in total. The first-order valence-corrected chi connectivity index (χ1v) is 6.12. The van der Waals surface area contributed by atoms with Gasteiger partial charge in [-0.3, -0.25) is 4.79 Å². The van der Waals surface area contributed by atoms with E-state index in [1.165, 1.54) is 12.8 Å². The highest BCUT2D eigenvalue weighted by Crippen LogP contribution is 2.28. The first-order chi connectivity index (χ1) is 7.06. The van der Waals surface area contributed by atoms with Crippen molar-refractivity contribution in [2.24, 2.45) is 5.73 Å². The van der Waals surface area contributed by atoms with E-state index >= 15 is 0 Å². The summed E-state index contributed by atoms with van der Waals surface area (Å²) >= 11 is 0. The molecular weight excluding hydrogens is 188 g/mol. The summed E-state index contributed by atoms with van der Waals surface area (Å²) in [5, 5.41) is 3.13. The van der Waals surface area contributed by atoms with Gasteiger partial charge in [0.15, 0.2) is 0 Å². The molecule has 3 nitrogen and oxygen atoms in total. The van der Waals surface area contributed by atoms with Gasteiger partial charge in [-0.15, -0.1) is 0 Å². The number of amides is 1. The molecule has 15 heavy (non-hydrogen) atoms. The van der Waals surface area contributed by atoms with Crippen LogP contribution in [0, 0.1) is 0 Å². The summed E-state index contributed by atoms with van der Waals surface area (Å²) in [6.07, 6.45) is 7.15. The Kier molecular flexibility index (Phi) is 4.58. The molecule has 3 heteroatoms. The second kappa shape index (κ2) is 5.50. The average molecular weight is 212 g/mol. The number of nitrogens with two attached hydrogens (primary N) is 1. The first kappa shape index (κ1) is 12.5. The maximum atomic E-state index is 11.7. The number of rotatable bonds is 5. The first-order valence-electron chi connectivity index (χ1n) is 6.12. The van der Waals surface area contributed by atoms with E-state index in [0.29, 0.717) is 6.42 Å². The van der Waals surface area contributed by atoms with Crippen LogP contribution in [-0.2, 0) is 4.79 Å². The smallest absolute Gasteiger partial charge is 0.221 e. The van der Waals surface area contributed by atoms with Gasteiger partial charge in [-0.1, -0.05) is 26.2 Å². The topological polar surface area (TPSA) is 55.1 Å². The fraction of sp³-hybridized carbons (Fsp3) is 0.917. The molecule has 0 spiro atoms. The van der Waals surface area contributed by atoms with E-state index in [-0.39, 0.29) is 17.5 Å². The van der Waals surface area contributed by atoms with E-state index in [1.54, 1.807) is 0 Å². The van der Waals surface area contributed by atoms with Crippen LogP contribution in [0.3, 0.4) is 0 Å². The zero-order valence-electron chi connectivity index (χ0n) is 10.0. The predicted octanol–water partition coefficient (Wildman–Crippen LogP) is 1.95. The van der Waals surface area contributed by atoms with Crippen LogP contribution in [-0.4, -0.2) is 17.5 Å². The Hall–Kier alpha value is -0.570. The van der Waals surface area contributed by atoms with E-state index in [2.05, 4.69) is 19.2 Å². The lowest BCUT2D eigenvalue weighted by molar-refractivity contribution is -0.123. The molecule has 0 aliphatic heterocycles.